The quantitative estimate of drug-likeness (QED) is 0.801. The largest absolute Gasteiger partial charge is 0.452 e. The molecule has 1 heterocycles. The maximum atomic E-state index is 12.5. The Morgan fingerprint density at radius 3 is 2.50 bits per heavy atom. The molecule has 0 unspecified atom stereocenters. The summed E-state index contributed by atoms with van der Waals surface area (Å²) in [5.74, 6) is -1.73. The number of aryl methyl sites for hydroxylation is 2. The van der Waals surface area contributed by atoms with Crippen LogP contribution in [0.25, 0.3) is 0 Å². The summed E-state index contributed by atoms with van der Waals surface area (Å²) in [6, 6.07) is 5.75. The second-order valence-electron chi connectivity index (χ2n) is 5.49. The van der Waals surface area contributed by atoms with Crippen LogP contribution in [0.15, 0.2) is 30.5 Å². The second-order valence-corrected chi connectivity index (χ2v) is 5.90. The van der Waals surface area contributed by atoms with Gasteiger partial charge in [0.1, 0.15) is 0 Å². The fraction of sp³-hybridized carbons (Fsp3) is 0.235. The number of pyridine rings is 1. The summed E-state index contributed by atoms with van der Waals surface area (Å²) in [7, 11) is 0. The molecule has 0 saturated carbocycles. The molecule has 26 heavy (non-hydrogen) atoms. The Morgan fingerprint density at radius 1 is 1.23 bits per heavy atom. The molecule has 1 N–H and O–H groups in total. The number of halogens is 4. The zero-order chi connectivity index (χ0) is 19.5. The number of nitrogens with zero attached hydrogens (tertiary/aromatic N) is 1. The second kappa shape index (κ2) is 7.74. The van der Waals surface area contributed by atoms with Crippen molar-refractivity contribution < 1.29 is 27.5 Å². The summed E-state index contributed by atoms with van der Waals surface area (Å²) in [5.41, 5.74) is 0.943. The van der Waals surface area contributed by atoms with Gasteiger partial charge in [-0.1, -0.05) is 29.3 Å². The number of nitrogens with one attached hydrogen (secondary N) is 1. The van der Waals surface area contributed by atoms with Gasteiger partial charge in [-0.15, -0.1) is 0 Å². The van der Waals surface area contributed by atoms with Crippen molar-refractivity contribution >= 4 is 29.3 Å². The van der Waals surface area contributed by atoms with Crippen LogP contribution >= 0.6 is 11.6 Å². The highest BCUT2D eigenvalue weighted by atomic mass is 35.5. The third kappa shape index (κ3) is 4.95. The molecule has 0 saturated heterocycles. The van der Waals surface area contributed by atoms with Crippen LogP contribution in [0.1, 0.15) is 27.0 Å². The highest BCUT2D eigenvalue weighted by molar-refractivity contribution is 6.33. The molecule has 2 aromatic rings. The van der Waals surface area contributed by atoms with E-state index in [9.17, 15) is 22.8 Å². The van der Waals surface area contributed by atoms with Gasteiger partial charge in [0.15, 0.2) is 12.4 Å². The third-order valence-corrected chi connectivity index (χ3v) is 3.65. The van der Waals surface area contributed by atoms with Gasteiger partial charge in [-0.3, -0.25) is 4.79 Å². The van der Waals surface area contributed by atoms with Crippen molar-refractivity contribution in [2.45, 2.75) is 20.0 Å². The predicted octanol–water partition coefficient (Wildman–Crippen LogP) is 4.17. The number of ether oxygens (including phenoxy) is 1. The van der Waals surface area contributed by atoms with Crippen LogP contribution in [0.4, 0.5) is 19.0 Å². The molecule has 138 valence electrons. The number of amides is 1. The van der Waals surface area contributed by atoms with Gasteiger partial charge in [0.25, 0.3) is 5.91 Å². The number of hydrogen-bond acceptors (Lipinski definition) is 4. The van der Waals surface area contributed by atoms with Crippen LogP contribution < -0.4 is 5.32 Å². The molecular formula is C17H14ClF3N2O3. The minimum atomic E-state index is -4.60. The number of rotatable bonds is 4. The summed E-state index contributed by atoms with van der Waals surface area (Å²) in [4.78, 5) is 27.3. The van der Waals surface area contributed by atoms with Gasteiger partial charge in [-0.2, -0.15) is 13.2 Å². The smallest absolute Gasteiger partial charge is 0.417 e. The highest BCUT2D eigenvalue weighted by Crippen LogP contribution is 2.32. The van der Waals surface area contributed by atoms with Crippen molar-refractivity contribution in [3.8, 4) is 0 Å². The first-order chi connectivity index (χ1) is 12.1. The Bertz CT molecular complexity index is 854. The molecule has 0 spiro atoms. The molecule has 1 aromatic carbocycles. The average molecular weight is 387 g/mol. The van der Waals surface area contributed by atoms with Crippen molar-refractivity contribution in [1.82, 2.24) is 4.98 Å². The standard InChI is InChI=1S/C17H14ClF3N2O3/c1-9-3-4-12(10(2)5-9)16(25)26-8-14(24)23-15-13(18)6-11(7-22-15)17(19,20)21/h3-7H,8H2,1-2H3,(H,22,23,24). The number of anilines is 1. The van der Waals surface area contributed by atoms with Crippen LogP contribution in [-0.4, -0.2) is 23.5 Å². The van der Waals surface area contributed by atoms with Crippen molar-refractivity contribution in [3.63, 3.8) is 0 Å². The van der Waals surface area contributed by atoms with Gasteiger partial charge < -0.3 is 10.1 Å². The van der Waals surface area contributed by atoms with E-state index in [4.69, 9.17) is 16.3 Å². The normalized spacial score (nSPS) is 11.2. The fourth-order valence-electron chi connectivity index (χ4n) is 2.10. The van der Waals surface area contributed by atoms with Crippen LogP contribution in [0, 0.1) is 13.8 Å². The van der Waals surface area contributed by atoms with E-state index in [1.54, 1.807) is 25.1 Å². The molecule has 0 fully saturated rings. The number of carbonyl (C=O) groups excluding carboxylic acids is 2. The van der Waals surface area contributed by atoms with Gasteiger partial charge in [0.2, 0.25) is 0 Å². The van der Waals surface area contributed by atoms with Crippen LogP contribution in [0.2, 0.25) is 5.02 Å². The van der Waals surface area contributed by atoms with Gasteiger partial charge in [-0.25, -0.2) is 9.78 Å². The van der Waals surface area contributed by atoms with Crippen molar-refractivity contribution in [3.05, 3.63) is 57.7 Å². The van der Waals surface area contributed by atoms with Crippen LogP contribution in [-0.2, 0) is 15.7 Å². The molecule has 2 rings (SSSR count). The number of benzene rings is 1. The Balaban J connectivity index is 1.98. The summed E-state index contributed by atoms with van der Waals surface area (Å²) in [6.07, 6.45) is -4.05. The lowest BCUT2D eigenvalue weighted by molar-refractivity contribution is -0.137. The summed E-state index contributed by atoms with van der Waals surface area (Å²) in [6.45, 7) is 2.97. The Morgan fingerprint density at radius 2 is 1.92 bits per heavy atom. The molecule has 0 aliphatic carbocycles. The Labute approximate surface area is 152 Å². The molecule has 0 radical (unpaired) electrons. The molecule has 5 nitrogen and oxygen atoms in total. The van der Waals surface area contributed by atoms with Crippen LogP contribution in [0.5, 0.6) is 0 Å². The van der Waals surface area contributed by atoms with Gasteiger partial charge in [-0.05, 0) is 31.5 Å². The zero-order valence-corrected chi connectivity index (χ0v) is 14.5. The van der Waals surface area contributed by atoms with E-state index in [2.05, 4.69) is 10.3 Å². The molecule has 9 heteroatoms. The topological polar surface area (TPSA) is 68.3 Å². The maximum Gasteiger partial charge on any atom is 0.417 e. The first kappa shape index (κ1) is 19.7. The molecule has 1 amide bonds. The average Bonchev–Trinajstić information content (AvgIpc) is 2.53. The molecule has 0 atom stereocenters. The van der Waals surface area contributed by atoms with E-state index in [1.165, 1.54) is 0 Å². The first-order valence-corrected chi connectivity index (χ1v) is 7.72. The van der Waals surface area contributed by atoms with E-state index in [0.29, 0.717) is 23.4 Å². The summed E-state index contributed by atoms with van der Waals surface area (Å²) >= 11 is 5.69. The Kier molecular flexibility index (Phi) is 5.86. The molecule has 1 aromatic heterocycles. The van der Waals surface area contributed by atoms with Crippen molar-refractivity contribution in [2.75, 3.05) is 11.9 Å². The van der Waals surface area contributed by atoms with E-state index in [0.717, 1.165) is 5.56 Å². The van der Waals surface area contributed by atoms with E-state index in [1.807, 2.05) is 6.92 Å². The Hall–Kier alpha value is -2.61. The monoisotopic (exact) mass is 386 g/mol. The molecule has 0 aliphatic heterocycles. The van der Waals surface area contributed by atoms with Crippen molar-refractivity contribution in [2.24, 2.45) is 0 Å². The number of carbonyl (C=O) groups is 2. The van der Waals surface area contributed by atoms with E-state index < -0.39 is 30.2 Å². The zero-order valence-electron chi connectivity index (χ0n) is 13.8. The first-order valence-electron chi connectivity index (χ1n) is 7.35. The van der Waals surface area contributed by atoms with Crippen molar-refractivity contribution in [1.29, 1.82) is 0 Å². The summed E-state index contributed by atoms with van der Waals surface area (Å²) in [5, 5.41) is 1.81. The lowest BCUT2D eigenvalue weighted by Gasteiger charge is -2.11. The molecule has 0 bridgehead atoms. The minimum Gasteiger partial charge on any atom is -0.452 e. The lowest BCUT2D eigenvalue weighted by atomic mass is 10.1. The number of aromatic nitrogens is 1. The molecule has 0 aliphatic rings. The SMILES string of the molecule is Cc1ccc(C(=O)OCC(=O)Nc2ncc(C(F)(F)F)cc2Cl)c(C)c1. The maximum absolute atomic E-state index is 12.5. The predicted molar refractivity (Wildman–Crippen MR) is 89.1 cm³/mol. The fourth-order valence-corrected chi connectivity index (χ4v) is 2.32. The minimum absolute atomic E-state index is 0.257. The number of hydrogen-bond donors (Lipinski definition) is 1. The molecular weight excluding hydrogens is 373 g/mol. The highest BCUT2D eigenvalue weighted by Gasteiger charge is 2.31. The van der Waals surface area contributed by atoms with Crippen LogP contribution in [0.3, 0.4) is 0 Å². The van der Waals surface area contributed by atoms with E-state index >= 15 is 0 Å². The lowest BCUT2D eigenvalue weighted by Crippen LogP contribution is -2.22. The summed E-state index contributed by atoms with van der Waals surface area (Å²) < 4.78 is 42.5. The third-order valence-electron chi connectivity index (χ3n) is 3.36. The van der Waals surface area contributed by atoms with Gasteiger partial charge in [0, 0.05) is 6.20 Å². The van der Waals surface area contributed by atoms with E-state index in [-0.39, 0.29) is 10.8 Å². The number of alkyl halides is 3. The van der Waals surface area contributed by atoms with Gasteiger partial charge in [0.05, 0.1) is 16.1 Å². The number of esters is 1. The van der Waals surface area contributed by atoms with Gasteiger partial charge >= 0.3 is 12.1 Å².